The monoisotopic (exact) mass is 277 g/mol. The number of carbonyl (C=O) groups is 2. The number of aliphatic carboxylic acids is 1. The molecule has 1 aromatic rings. The summed E-state index contributed by atoms with van der Waals surface area (Å²) in [6.07, 6.45) is 2.30. The third-order valence-electron chi connectivity index (χ3n) is 3.96. The van der Waals surface area contributed by atoms with Crippen molar-refractivity contribution in [3.8, 4) is 5.75 Å². The zero-order valence-corrected chi connectivity index (χ0v) is 11.5. The maximum atomic E-state index is 11.9. The summed E-state index contributed by atoms with van der Waals surface area (Å²) >= 11 is 0. The molecule has 5 nitrogen and oxygen atoms in total. The Labute approximate surface area is 117 Å². The predicted molar refractivity (Wildman–Crippen MR) is 73.6 cm³/mol. The topological polar surface area (TPSA) is 75.6 Å². The van der Waals surface area contributed by atoms with E-state index in [1.807, 2.05) is 13.0 Å². The van der Waals surface area contributed by atoms with E-state index in [4.69, 9.17) is 4.74 Å². The van der Waals surface area contributed by atoms with Crippen LogP contribution in [0, 0.1) is 5.92 Å². The Kier molecular flexibility index (Phi) is 4.27. The molecule has 1 aromatic carbocycles. The number of benzene rings is 1. The zero-order valence-electron chi connectivity index (χ0n) is 11.5. The number of hydrogen-bond donors (Lipinski definition) is 2. The number of amides is 1. The molecule has 1 fully saturated rings. The average molecular weight is 277 g/mol. The van der Waals surface area contributed by atoms with Gasteiger partial charge in [0.1, 0.15) is 11.3 Å². The highest BCUT2D eigenvalue weighted by molar-refractivity contribution is 5.85. The van der Waals surface area contributed by atoms with Gasteiger partial charge in [-0.05, 0) is 30.9 Å². The summed E-state index contributed by atoms with van der Waals surface area (Å²) in [4.78, 5) is 23.5. The second-order valence-corrected chi connectivity index (χ2v) is 5.25. The first-order chi connectivity index (χ1) is 9.54. The van der Waals surface area contributed by atoms with Crippen LogP contribution in [0.4, 0.5) is 4.79 Å². The van der Waals surface area contributed by atoms with Crippen LogP contribution < -0.4 is 10.1 Å². The standard InChI is InChI=1S/C15H19NO4/c1-11-7-5-6-10-15(11,13(17)18)16-14(19)20-12-8-3-2-4-9-12/h2-4,8-9,11H,5-7,10H2,1H3,(H,16,19)(H,17,18). The Morgan fingerprint density at radius 1 is 1.30 bits per heavy atom. The summed E-state index contributed by atoms with van der Waals surface area (Å²) < 4.78 is 5.13. The highest BCUT2D eigenvalue weighted by atomic mass is 16.6. The molecule has 0 spiro atoms. The van der Waals surface area contributed by atoms with Crippen LogP contribution in [0.25, 0.3) is 0 Å². The number of carboxylic acid groups (broad SMARTS) is 1. The van der Waals surface area contributed by atoms with Crippen LogP contribution in [0.2, 0.25) is 0 Å². The van der Waals surface area contributed by atoms with E-state index >= 15 is 0 Å². The van der Waals surface area contributed by atoms with Gasteiger partial charge in [-0.25, -0.2) is 9.59 Å². The Balaban J connectivity index is 2.08. The fourth-order valence-electron chi connectivity index (χ4n) is 2.71. The summed E-state index contributed by atoms with van der Waals surface area (Å²) in [5.74, 6) is -0.708. The molecule has 0 radical (unpaired) electrons. The molecule has 108 valence electrons. The van der Waals surface area contributed by atoms with Gasteiger partial charge in [-0.3, -0.25) is 0 Å². The lowest BCUT2D eigenvalue weighted by atomic mass is 9.73. The first-order valence-corrected chi connectivity index (χ1v) is 6.83. The minimum Gasteiger partial charge on any atom is -0.479 e. The van der Waals surface area contributed by atoms with E-state index in [1.165, 1.54) is 0 Å². The molecule has 0 aliphatic heterocycles. The van der Waals surface area contributed by atoms with Crippen molar-refractivity contribution in [2.75, 3.05) is 0 Å². The number of nitrogens with one attached hydrogen (secondary N) is 1. The van der Waals surface area contributed by atoms with E-state index in [1.54, 1.807) is 24.3 Å². The molecule has 0 heterocycles. The van der Waals surface area contributed by atoms with Crippen molar-refractivity contribution in [3.63, 3.8) is 0 Å². The lowest BCUT2D eigenvalue weighted by Crippen LogP contribution is -2.60. The van der Waals surface area contributed by atoms with E-state index in [2.05, 4.69) is 5.32 Å². The summed E-state index contributed by atoms with van der Waals surface area (Å²) in [6.45, 7) is 1.86. The molecule has 1 saturated carbocycles. The number of carboxylic acids is 1. The van der Waals surface area contributed by atoms with Crippen LogP contribution in [0.5, 0.6) is 5.75 Å². The van der Waals surface area contributed by atoms with Crippen molar-refractivity contribution < 1.29 is 19.4 Å². The van der Waals surface area contributed by atoms with Crippen molar-refractivity contribution in [1.82, 2.24) is 5.32 Å². The first-order valence-electron chi connectivity index (χ1n) is 6.83. The highest BCUT2D eigenvalue weighted by Gasteiger charge is 2.46. The quantitative estimate of drug-likeness (QED) is 0.890. The van der Waals surface area contributed by atoms with Gasteiger partial charge in [-0.2, -0.15) is 0 Å². The van der Waals surface area contributed by atoms with Crippen molar-refractivity contribution in [2.45, 2.75) is 38.1 Å². The molecule has 20 heavy (non-hydrogen) atoms. The second-order valence-electron chi connectivity index (χ2n) is 5.25. The molecule has 2 rings (SSSR count). The van der Waals surface area contributed by atoms with Gasteiger partial charge in [0.2, 0.25) is 0 Å². The molecular weight excluding hydrogens is 258 g/mol. The van der Waals surface area contributed by atoms with Gasteiger partial charge in [-0.15, -0.1) is 0 Å². The molecular formula is C15H19NO4. The van der Waals surface area contributed by atoms with E-state index < -0.39 is 17.6 Å². The smallest absolute Gasteiger partial charge is 0.413 e. The van der Waals surface area contributed by atoms with Crippen molar-refractivity contribution in [1.29, 1.82) is 0 Å². The zero-order chi connectivity index (χ0) is 14.6. The van der Waals surface area contributed by atoms with Crippen LogP contribution in [-0.4, -0.2) is 22.7 Å². The van der Waals surface area contributed by atoms with Crippen LogP contribution in [0.1, 0.15) is 32.6 Å². The average Bonchev–Trinajstić information content (AvgIpc) is 2.42. The molecule has 2 unspecified atom stereocenters. The minimum atomic E-state index is -1.22. The third-order valence-corrected chi connectivity index (χ3v) is 3.96. The Morgan fingerprint density at radius 2 is 2.00 bits per heavy atom. The summed E-state index contributed by atoms with van der Waals surface area (Å²) in [6, 6.07) is 8.61. The van der Waals surface area contributed by atoms with E-state index in [9.17, 15) is 14.7 Å². The summed E-state index contributed by atoms with van der Waals surface area (Å²) in [5, 5.41) is 12.1. The number of hydrogen-bond acceptors (Lipinski definition) is 3. The first kappa shape index (κ1) is 14.4. The van der Waals surface area contributed by atoms with Crippen molar-refractivity contribution >= 4 is 12.1 Å². The largest absolute Gasteiger partial charge is 0.479 e. The van der Waals surface area contributed by atoms with Crippen LogP contribution in [-0.2, 0) is 4.79 Å². The number of carbonyl (C=O) groups excluding carboxylic acids is 1. The molecule has 2 atom stereocenters. The maximum absolute atomic E-state index is 11.9. The molecule has 0 aromatic heterocycles. The van der Waals surface area contributed by atoms with Crippen molar-refractivity contribution in [3.05, 3.63) is 30.3 Å². The summed E-state index contributed by atoms with van der Waals surface area (Å²) in [5.41, 5.74) is -1.22. The summed E-state index contributed by atoms with van der Waals surface area (Å²) in [7, 11) is 0. The molecule has 1 aliphatic carbocycles. The molecule has 0 saturated heterocycles. The van der Waals surface area contributed by atoms with Gasteiger partial charge in [0, 0.05) is 0 Å². The van der Waals surface area contributed by atoms with Gasteiger partial charge in [0.25, 0.3) is 0 Å². The van der Waals surface area contributed by atoms with Gasteiger partial charge in [-0.1, -0.05) is 38.0 Å². The minimum absolute atomic E-state index is 0.114. The predicted octanol–water partition coefficient (Wildman–Crippen LogP) is 2.81. The van der Waals surface area contributed by atoms with Gasteiger partial charge < -0.3 is 15.2 Å². The number of rotatable bonds is 3. The lowest BCUT2D eigenvalue weighted by Gasteiger charge is -2.39. The van der Waals surface area contributed by atoms with Crippen LogP contribution >= 0.6 is 0 Å². The van der Waals surface area contributed by atoms with E-state index in [0.717, 1.165) is 19.3 Å². The molecule has 5 heteroatoms. The third kappa shape index (κ3) is 2.92. The number of para-hydroxylation sites is 1. The van der Waals surface area contributed by atoms with E-state index in [-0.39, 0.29) is 5.92 Å². The Morgan fingerprint density at radius 3 is 2.60 bits per heavy atom. The van der Waals surface area contributed by atoms with Crippen LogP contribution in [0.3, 0.4) is 0 Å². The fourth-order valence-corrected chi connectivity index (χ4v) is 2.71. The fraction of sp³-hybridized carbons (Fsp3) is 0.467. The SMILES string of the molecule is CC1CCCCC1(NC(=O)Oc1ccccc1)C(=O)O. The van der Waals surface area contributed by atoms with Gasteiger partial charge in [0.05, 0.1) is 0 Å². The van der Waals surface area contributed by atoms with Crippen molar-refractivity contribution in [2.24, 2.45) is 5.92 Å². The lowest BCUT2D eigenvalue weighted by molar-refractivity contribution is -0.148. The Bertz CT molecular complexity index is 488. The second kappa shape index (κ2) is 5.94. The van der Waals surface area contributed by atoms with E-state index in [0.29, 0.717) is 12.2 Å². The Hall–Kier alpha value is -2.04. The van der Waals surface area contributed by atoms with Gasteiger partial charge in [0.15, 0.2) is 0 Å². The highest BCUT2D eigenvalue weighted by Crippen LogP contribution is 2.34. The molecule has 1 amide bonds. The van der Waals surface area contributed by atoms with Gasteiger partial charge >= 0.3 is 12.1 Å². The molecule has 0 bridgehead atoms. The molecule has 2 N–H and O–H groups in total. The maximum Gasteiger partial charge on any atom is 0.413 e. The number of ether oxygens (including phenoxy) is 1. The van der Waals surface area contributed by atoms with Crippen LogP contribution in [0.15, 0.2) is 30.3 Å². The normalized spacial score (nSPS) is 25.8. The molecule has 1 aliphatic rings.